The number of rotatable bonds is 12. The van der Waals surface area contributed by atoms with Crippen LogP contribution in [0.5, 0.6) is 0 Å². The maximum atomic E-state index is 14.8. The van der Waals surface area contributed by atoms with Crippen molar-refractivity contribution in [3.63, 3.8) is 0 Å². The topological polar surface area (TPSA) is 133 Å². The number of unbranched alkanes of at least 4 members (excludes halogenated alkanes) is 1. The summed E-state index contributed by atoms with van der Waals surface area (Å²) in [6.45, 7) is 5.06. The van der Waals surface area contributed by atoms with Crippen LogP contribution in [0.3, 0.4) is 0 Å². The second-order valence-electron chi connectivity index (χ2n) is 8.06. The van der Waals surface area contributed by atoms with Gasteiger partial charge in [-0.15, -0.1) is 0 Å². The van der Waals surface area contributed by atoms with Gasteiger partial charge in [0.05, 0.1) is 36.1 Å². The summed E-state index contributed by atoms with van der Waals surface area (Å²) in [5.74, 6) is -1.28. The molecular weight excluding hydrogens is 425 g/mol. The average Bonchev–Trinajstić information content (AvgIpc) is 3.20. The molecule has 6 N–H and O–H groups in total. The van der Waals surface area contributed by atoms with E-state index >= 15 is 0 Å². The fourth-order valence-corrected chi connectivity index (χ4v) is 3.64. The highest BCUT2D eigenvalue weighted by Gasteiger charge is 2.21. The van der Waals surface area contributed by atoms with Crippen LogP contribution in [0.15, 0.2) is 30.5 Å². The van der Waals surface area contributed by atoms with Gasteiger partial charge in [-0.1, -0.05) is 25.8 Å². The number of hydrogen-bond acceptors (Lipinski definition) is 7. The van der Waals surface area contributed by atoms with Gasteiger partial charge in [0.15, 0.2) is 11.6 Å². The van der Waals surface area contributed by atoms with Crippen molar-refractivity contribution >= 4 is 34.1 Å². The highest BCUT2D eigenvalue weighted by Crippen LogP contribution is 2.29. The minimum Gasteiger partial charge on any atom is -0.383 e. The van der Waals surface area contributed by atoms with E-state index < -0.39 is 11.7 Å². The number of hydrogen-bond donors (Lipinski definition) is 4. The molecule has 10 heteroatoms. The van der Waals surface area contributed by atoms with E-state index in [0.29, 0.717) is 18.8 Å². The number of anilines is 3. The number of methoxy groups -OCH3 is 1. The van der Waals surface area contributed by atoms with Crippen LogP contribution in [0.4, 0.5) is 21.7 Å². The molecular formula is C23H32FN7O2. The molecule has 2 aromatic heterocycles. The Morgan fingerprint density at radius 1 is 1.33 bits per heavy atom. The molecule has 3 rings (SSSR count). The molecule has 9 nitrogen and oxygen atoms in total. The summed E-state index contributed by atoms with van der Waals surface area (Å²) >= 11 is 0. The van der Waals surface area contributed by atoms with Crippen LogP contribution in [0.1, 0.15) is 43.5 Å². The predicted molar refractivity (Wildman–Crippen MR) is 128 cm³/mol. The largest absolute Gasteiger partial charge is 0.383 e. The fraction of sp³-hybridized carbons (Fsp3) is 0.435. The zero-order chi connectivity index (χ0) is 24.0. The number of pyridine rings is 1. The van der Waals surface area contributed by atoms with Crippen LogP contribution in [-0.2, 0) is 11.3 Å². The molecule has 2 heterocycles. The van der Waals surface area contributed by atoms with E-state index in [0.717, 1.165) is 36.2 Å². The molecule has 0 saturated heterocycles. The lowest BCUT2D eigenvalue weighted by atomic mass is 10.0. The number of primary amides is 1. The van der Waals surface area contributed by atoms with E-state index in [2.05, 4.69) is 27.6 Å². The number of carbonyl (C=O) groups is 1. The highest BCUT2D eigenvalue weighted by molar-refractivity contribution is 6.00. The predicted octanol–water partition coefficient (Wildman–Crippen LogP) is 3.38. The van der Waals surface area contributed by atoms with E-state index in [1.807, 2.05) is 29.8 Å². The van der Waals surface area contributed by atoms with Gasteiger partial charge in [-0.3, -0.25) is 9.48 Å². The first kappa shape index (κ1) is 24.4. The number of nitrogens with one attached hydrogen (secondary N) is 2. The van der Waals surface area contributed by atoms with Crippen molar-refractivity contribution < 1.29 is 13.9 Å². The molecule has 1 aromatic carbocycles. The Morgan fingerprint density at radius 3 is 2.79 bits per heavy atom. The summed E-state index contributed by atoms with van der Waals surface area (Å²) in [6, 6.07) is 6.35. The van der Waals surface area contributed by atoms with Crippen molar-refractivity contribution in [2.24, 2.45) is 11.5 Å². The van der Waals surface area contributed by atoms with Crippen molar-refractivity contribution in [1.82, 2.24) is 14.8 Å². The van der Waals surface area contributed by atoms with Gasteiger partial charge in [0.25, 0.3) is 5.91 Å². The second-order valence-corrected chi connectivity index (χ2v) is 8.06. The minimum atomic E-state index is -0.784. The molecule has 0 unspecified atom stereocenters. The van der Waals surface area contributed by atoms with Gasteiger partial charge in [0.2, 0.25) is 0 Å². The summed E-state index contributed by atoms with van der Waals surface area (Å²) < 4.78 is 21.8. The second kappa shape index (κ2) is 11.1. The molecule has 1 amide bonds. The summed E-state index contributed by atoms with van der Waals surface area (Å²) in [5, 5.41) is 11.5. The number of ether oxygens (including phenoxy) is 1. The smallest absolute Gasteiger partial charge is 0.252 e. The highest BCUT2D eigenvalue weighted by atomic mass is 19.1. The number of fused-ring (bicyclic) bond motifs is 1. The van der Waals surface area contributed by atoms with Gasteiger partial charge >= 0.3 is 0 Å². The summed E-state index contributed by atoms with van der Waals surface area (Å²) in [6.07, 6.45) is 4.43. The third-order valence-electron chi connectivity index (χ3n) is 5.51. The minimum absolute atomic E-state index is 0.0175. The van der Waals surface area contributed by atoms with Crippen molar-refractivity contribution in [2.75, 3.05) is 24.4 Å². The van der Waals surface area contributed by atoms with E-state index in [9.17, 15) is 9.18 Å². The Balaban J connectivity index is 1.97. The fourth-order valence-electron chi connectivity index (χ4n) is 3.64. The Hall–Kier alpha value is -3.24. The van der Waals surface area contributed by atoms with E-state index in [4.69, 9.17) is 16.2 Å². The van der Waals surface area contributed by atoms with Crippen LogP contribution in [-0.4, -0.2) is 46.5 Å². The molecule has 0 aliphatic heterocycles. The summed E-state index contributed by atoms with van der Waals surface area (Å²) in [7, 11) is 1.63. The van der Waals surface area contributed by atoms with Gasteiger partial charge in [0.1, 0.15) is 5.82 Å². The van der Waals surface area contributed by atoms with E-state index in [1.165, 1.54) is 0 Å². The SMILES string of the molecule is CCCC[C@@H](Nc1nc(Nc2cccc3c2cnn3CCOC)c(C(N)=O)cc1F)[C@H](C)N. The summed E-state index contributed by atoms with van der Waals surface area (Å²) in [5.41, 5.74) is 13.1. The lowest BCUT2D eigenvalue weighted by molar-refractivity contribution is 0.100. The van der Waals surface area contributed by atoms with Gasteiger partial charge in [-0.05, 0) is 31.5 Å². The molecule has 178 valence electrons. The lowest BCUT2D eigenvalue weighted by Gasteiger charge is -2.23. The van der Waals surface area contributed by atoms with Crippen molar-refractivity contribution in [3.8, 4) is 0 Å². The quantitative estimate of drug-likeness (QED) is 0.328. The Labute approximate surface area is 192 Å². The van der Waals surface area contributed by atoms with Crippen molar-refractivity contribution in [1.29, 1.82) is 0 Å². The van der Waals surface area contributed by atoms with Crippen molar-refractivity contribution in [2.45, 2.75) is 51.7 Å². The number of aromatic nitrogens is 3. The van der Waals surface area contributed by atoms with Gasteiger partial charge < -0.3 is 26.8 Å². The lowest BCUT2D eigenvalue weighted by Crippen LogP contribution is -2.38. The third-order valence-corrected chi connectivity index (χ3v) is 5.51. The third kappa shape index (κ3) is 5.77. The van der Waals surface area contributed by atoms with Crippen LogP contribution in [0.25, 0.3) is 10.9 Å². The number of amides is 1. The maximum Gasteiger partial charge on any atom is 0.252 e. The molecule has 3 aromatic rings. The van der Waals surface area contributed by atoms with Gasteiger partial charge in [0, 0.05) is 24.6 Å². The Kier molecular flexibility index (Phi) is 8.18. The van der Waals surface area contributed by atoms with Crippen LogP contribution in [0.2, 0.25) is 0 Å². The number of benzene rings is 1. The van der Waals surface area contributed by atoms with E-state index in [-0.39, 0.29) is 29.3 Å². The zero-order valence-corrected chi connectivity index (χ0v) is 19.3. The Morgan fingerprint density at radius 2 is 2.12 bits per heavy atom. The summed E-state index contributed by atoms with van der Waals surface area (Å²) in [4.78, 5) is 16.4. The van der Waals surface area contributed by atoms with Gasteiger partial charge in [-0.25, -0.2) is 9.37 Å². The first-order chi connectivity index (χ1) is 15.8. The normalized spacial score (nSPS) is 13.1. The molecule has 0 fully saturated rings. The van der Waals surface area contributed by atoms with Crippen LogP contribution >= 0.6 is 0 Å². The molecule has 0 saturated carbocycles. The molecule has 2 atom stereocenters. The zero-order valence-electron chi connectivity index (χ0n) is 19.3. The molecule has 0 spiro atoms. The van der Waals surface area contributed by atoms with Gasteiger partial charge in [-0.2, -0.15) is 5.10 Å². The number of nitrogens with zero attached hydrogens (tertiary/aromatic N) is 3. The van der Waals surface area contributed by atoms with Crippen molar-refractivity contribution in [3.05, 3.63) is 41.8 Å². The molecule has 0 bridgehead atoms. The standard InChI is InChI=1S/C23H32FN7O2/c1-4-5-7-18(14(2)25)28-23-17(24)12-15(21(26)32)22(30-23)29-19-8-6-9-20-16(19)13-27-31(20)10-11-33-3/h6,8-9,12-14,18H,4-5,7,10-11,25H2,1-3H3,(H2,26,32)(H2,28,29,30)/t14-,18+/m0/s1. The van der Waals surface area contributed by atoms with E-state index in [1.54, 1.807) is 13.3 Å². The first-order valence-electron chi connectivity index (χ1n) is 11.1. The number of carbonyl (C=O) groups excluding carboxylic acids is 1. The molecule has 33 heavy (non-hydrogen) atoms. The Bertz CT molecular complexity index is 1100. The first-order valence-corrected chi connectivity index (χ1v) is 11.1. The van der Waals surface area contributed by atoms with Crippen LogP contribution in [0, 0.1) is 5.82 Å². The molecule has 0 radical (unpaired) electrons. The number of halogens is 1. The monoisotopic (exact) mass is 457 g/mol. The van der Waals surface area contributed by atoms with Crippen LogP contribution < -0.4 is 22.1 Å². The maximum absolute atomic E-state index is 14.8. The average molecular weight is 458 g/mol. The molecule has 0 aliphatic rings. The molecule has 0 aliphatic carbocycles. The number of nitrogens with two attached hydrogens (primary N) is 2.